The Bertz CT molecular complexity index is 250. The van der Waals surface area contributed by atoms with Gasteiger partial charge in [0.1, 0.15) is 0 Å². The molecule has 0 radical (unpaired) electrons. The Morgan fingerprint density at radius 3 is 2.41 bits per heavy atom. The summed E-state index contributed by atoms with van der Waals surface area (Å²) in [6.45, 7) is 6.08. The monoisotopic (exact) mass is 237 g/mol. The van der Waals surface area contributed by atoms with Crippen molar-refractivity contribution in [1.29, 1.82) is 0 Å². The number of piperidine rings is 1. The summed E-state index contributed by atoms with van der Waals surface area (Å²) in [4.78, 5) is 2.56. The molecule has 3 aliphatic rings. The second-order valence-corrected chi connectivity index (χ2v) is 6.49. The van der Waals surface area contributed by atoms with E-state index in [4.69, 9.17) is 5.73 Å². The quantitative estimate of drug-likeness (QED) is 0.682. The molecule has 1 saturated heterocycles. The van der Waals surface area contributed by atoms with E-state index >= 15 is 0 Å². The van der Waals surface area contributed by atoms with Gasteiger partial charge in [0.2, 0.25) is 0 Å². The summed E-state index contributed by atoms with van der Waals surface area (Å²) >= 11 is 0. The van der Waals surface area contributed by atoms with Crippen molar-refractivity contribution in [2.24, 2.45) is 17.1 Å². The van der Waals surface area contributed by atoms with Crippen LogP contribution in [0.3, 0.4) is 0 Å². The molecule has 3 fully saturated rings. The van der Waals surface area contributed by atoms with Crippen LogP contribution >= 0.6 is 0 Å². The van der Waals surface area contributed by atoms with Crippen molar-refractivity contribution in [1.82, 2.24) is 10.2 Å². The van der Waals surface area contributed by atoms with Crippen LogP contribution in [0, 0.1) is 11.3 Å². The minimum absolute atomic E-state index is 0.462. The zero-order chi connectivity index (χ0) is 11.7. The van der Waals surface area contributed by atoms with Crippen LogP contribution in [0.2, 0.25) is 0 Å². The maximum Gasteiger partial charge on any atom is 0.0107 e. The Kier molecular flexibility index (Phi) is 3.42. The lowest BCUT2D eigenvalue weighted by Gasteiger charge is -2.30. The highest BCUT2D eigenvalue weighted by Gasteiger charge is 2.53. The SMILES string of the molecule is NC1CCN(CCNCC2(C3CC3)CC2)CC1. The van der Waals surface area contributed by atoms with E-state index in [0.29, 0.717) is 6.04 Å². The molecule has 3 rings (SSSR count). The van der Waals surface area contributed by atoms with E-state index in [9.17, 15) is 0 Å². The highest BCUT2D eigenvalue weighted by Crippen LogP contribution is 2.60. The Balaban J connectivity index is 1.28. The minimum atomic E-state index is 0.462. The van der Waals surface area contributed by atoms with Gasteiger partial charge in [0.25, 0.3) is 0 Å². The van der Waals surface area contributed by atoms with Crippen molar-refractivity contribution in [2.75, 3.05) is 32.7 Å². The molecule has 3 heteroatoms. The van der Waals surface area contributed by atoms with Crippen molar-refractivity contribution in [3.8, 4) is 0 Å². The number of hydrogen-bond donors (Lipinski definition) is 2. The van der Waals surface area contributed by atoms with Gasteiger partial charge in [-0.05, 0) is 62.9 Å². The molecule has 3 N–H and O–H groups in total. The van der Waals surface area contributed by atoms with Crippen molar-refractivity contribution in [2.45, 2.75) is 44.6 Å². The highest BCUT2D eigenvalue weighted by molar-refractivity contribution is 5.05. The molecule has 0 aromatic rings. The predicted molar refractivity (Wildman–Crippen MR) is 70.9 cm³/mol. The minimum Gasteiger partial charge on any atom is -0.328 e. The molecule has 0 spiro atoms. The van der Waals surface area contributed by atoms with Gasteiger partial charge in [-0.15, -0.1) is 0 Å². The molecule has 0 aromatic carbocycles. The van der Waals surface area contributed by atoms with Crippen LogP contribution < -0.4 is 11.1 Å². The van der Waals surface area contributed by atoms with Gasteiger partial charge >= 0.3 is 0 Å². The standard InChI is InChI=1S/C14H27N3/c15-13-3-8-17(9-4-13)10-7-16-11-14(5-6-14)12-1-2-12/h12-13,16H,1-11,15H2. The Morgan fingerprint density at radius 1 is 1.12 bits per heavy atom. The maximum atomic E-state index is 5.92. The number of nitrogens with one attached hydrogen (secondary N) is 1. The summed E-state index contributed by atoms with van der Waals surface area (Å²) in [7, 11) is 0. The van der Waals surface area contributed by atoms with Crippen molar-refractivity contribution in [3.63, 3.8) is 0 Å². The smallest absolute Gasteiger partial charge is 0.0107 e. The van der Waals surface area contributed by atoms with E-state index in [-0.39, 0.29) is 0 Å². The fourth-order valence-corrected chi connectivity index (χ4v) is 3.34. The molecule has 3 nitrogen and oxygen atoms in total. The molecular weight excluding hydrogens is 210 g/mol. The molecule has 0 bridgehead atoms. The summed E-state index contributed by atoms with van der Waals surface area (Å²) in [5.41, 5.74) is 6.67. The first kappa shape index (κ1) is 11.9. The van der Waals surface area contributed by atoms with Crippen LogP contribution in [0.25, 0.3) is 0 Å². The summed E-state index contributed by atoms with van der Waals surface area (Å²) < 4.78 is 0. The average molecular weight is 237 g/mol. The topological polar surface area (TPSA) is 41.3 Å². The molecule has 0 amide bonds. The zero-order valence-corrected chi connectivity index (χ0v) is 11.0. The third-order valence-corrected chi connectivity index (χ3v) is 5.05. The second-order valence-electron chi connectivity index (χ2n) is 6.49. The zero-order valence-electron chi connectivity index (χ0n) is 11.0. The van der Waals surface area contributed by atoms with Crippen LogP contribution in [0.1, 0.15) is 38.5 Å². The molecule has 0 atom stereocenters. The molecule has 2 aliphatic carbocycles. The molecular formula is C14H27N3. The van der Waals surface area contributed by atoms with Crippen molar-refractivity contribution in [3.05, 3.63) is 0 Å². The van der Waals surface area contributed by atoms with Crippen molar-refractivity contribution >= 4 is 0 Å². The Morgan fingerprint density at radius 2 is 1.82 bits per heavy atom. The Labute approximate surface area is 105 Å². The molecule has 17 heavy (non-hydrogen) atoms. The fourth-order valence-electron chi connectivity index (χ4n) is 3.34. The van der Waals surface area contributed by atoms with Gasteiger partial charge in [0.15, 0.2) is 0 Å². The first-order valence-electron chi connectivity index (χ1n) is 7.47. The lowest BCUT2D eigenvalue weighted by Crippen LogP contribution is -2.43. The van der Waals surface area contributed by atoms with E-state index in [0.717, 1.165) is 11.3 Å². The van der Waals surface area contributed by atoms with Gasteiger partial charge in [0, 0.05) is 25.7 Å². The molecule has 1 heterocycles. The van der Waals surface area contributed by atoms with E-state index < -0.39 is 0 Å². The van der Waals surface area contributed by atoms with Gasteiger partial charge in [-0.2, -0.15) is 0 Å². The summed E-state index contributed by atoms with van der Waals surface area (Å²) in [6, 6.07) is 0.462. The van der Waals surface area contributed by atoms with Crippen LogP contribution in [0.5, 0.6) is 0 Å². The van der Waals surface area contributed by atoms with Crippen LogP contribution in [-0.4, -0.2) is 43.7 Å². The van der Waals surface area contributed by atoms with Gasteiger partial charge < -0.3 is 16.0 Å². The summed E-state index contributed by atoms with van der Waals surface area (Å²) in [5.74, 6) is 1.09. The van der Waals surface area contributed by atoms with E-state index in [1.807, 2.05) is 0 Å². The number of likely N-dealkylation sites (tertiary alicyclic amines) is 1. The highest BCUT2D eigenvalue weighted by atomic mass is 15.1. The van der Waals surface area contributed by atoms with E-state index in [1.165, 1.54) is 71.2 Å². The summed E-state index contributed by atoms with van der Waals surface area (Å²) in [6.07, 6.45) is 8.36. The normalized spacial score (nSPS) is 29.5. The lowest BCUT2D eigenvalue weighted by atomic mass is 10.0. The number of nitrogens with zero attached hydrogens (tertiary/aromatic N) is 1. The lowest BCUT2D eigenvalue weighted by molar-refractivity contribution is 0.211. The molecule has 0 aromatic heterocycles. The first-order chi connectivity index (χ1) is 8.28. The van der Waals surface area contributed by atoms with Crippen molar-refractivity contribution < 1.29 is 0 Å². The van der Waals surface area contributed by atoms with Crippen LogP contribution in [0.15, 0.2) is 0 Å². The van der Waals surface area contributed by atoms with E-state index in [1.54, 1.807) is 0 Å². The largest absolute Gasteiger partial charge is 0.328 e. The molecule has 0 unspecified atom stereocenters. The van der Waals surface area contributed by atoms with Gasteiger partial charge in [-0.25, -0.2) is 0 Å². The summed E-state index contributed by atoms with van der Waals surface area (Å²) in [5, 5.41) is 3.70. The number of hydrogen-bond acceptors (Lipinski definition) is 3. The molecule has 2 saturated carbocycles. The first-order valence-corrected chi connectivity index (χ1v) is 7.47. The Hall–Kier alpha value is -0.120. The number of nitrogens with two attached hydrogens (primary N) is 1. The van der Waals surface area contributed by atoms with Gasteiger partial charge in [0.05, 0.1) is 0 Å². The molecule has 1 aliphatic heterocycles. The van der Waals surface area contributed by atoms with E-state index in [2.05, 4.69) is 10.2 Å². The average Bonchev–Trinajstić information content (AvgIpc) is 3.18. The molecule has 98 valence electrons. The van der Waals surface area contributed by atoms with Gasteiger partial charge in [-0.3, -0.25) is 0 Å². The maximum absolute atomic E-state index is 5.92. The van der Waals surface area contributed by atoms with Gasteiger partial charge in [-0.1, -0.05) is 0 Å². The fraction of sp³-hybridized carbons (Fsp3) is 1.00. The second kappa shape index (κ2) is 4.87. The van der Waals surface area contributed by atoms with Crippen LogP contribution in [0.4, 0.5) is 0 Å². The van der Waals surface area contributed by atoms with Crippen LogP contribution in [-0.2, 0) is 0 Å². The third-order valence-electron chi connectivity index (χ3n) is 5.05. The predicted octanol–water partition coefficient (Wildman–Crippen LogP) is 1.19. The number of rotatable bonds is 6. The third kappa shape index (κ3) is 3.01.